The molecule has 0 aromatic carbocycles. The van der Waals surface area contributed by atoms with Crippen molar-refractivity contribution in [1.82, 2.24) is 15.5 Å². The Labute approximate surface area is 141 Å². The normalized spacial score (nSPS) is 26.0. The standard InChI is InChI=1S/C18H35N3O2/c1-15-6-5-11-21(12-15)17(2,3)13-20-16(22)18(14-23-4)7-9-19-10-8-18/h15,19H,5-14H2,1-4H3,(H,20,22). The van der Waals surface area contributed by atoms with E-state index in [1.54, 1.807) is 7.11 Å². The topological polar surface area (TPSA) is 53.6 Å². The van der Waals surface area contributed by atoms with Crippen LogP contribution in [0.1, 0.15) is 46.5 Å². The van der Waals surface area contributed by atoms with Crippen molar-refractivity contribution >= 4 is 5.91 Å². The van der Waals surface area contributed by atoms with Crippen LogP contribution in [0.15, 0.2) is 0 Å². The highest BCUT2D eigenvalue weighted by Crippen LogP contribution is 2.30. The fourth-order valence-electron chi connectivity index (χ4n) is 3.95. The van der Waals surface area contributed by atoms with Crippen molar-refractivity contribution in [2.75, 3.05) is 46.4 Å². The Bertz CT molecular complexity index is 386. The molecule has 5 nitrogen and oxygen atoms in total. The molecule has 1 unspecified atom stereocenters. The molecule has 0 spiro atoms. The summed E-state index contributed by atoms with van der Waals surface area (Å²) in [5.41, 5.74) is -0.350. The van der Waals surface area contributed by atoms with Crippen LogP contribution in [0.25, 0.3) is 0 Å². The van der Waals surface area contributed by atoms with E-state index in [1.165, 1.54) is 12.8 Å². The Balaban J connectivity index is 1.93. The molecule has 2 fully saturated rings. The summed E-state index contributed by atoms with van der Waals surface area (Å²) in [7, 11) is 1.69. The van der Waals surface area contributed by atoms with Gasteiger partial charge < -0.3 is 15.4 Å². The maximum absolute atomic E-state index is 12.9. The summed E-state index contributed by atoms with van der Waals surface area (Å²) in [6.45, 7) is 12.1. The molecule has 1 atom stereocenters. The third kappa shape index (κ3) is 4.68. The number of ether oxygens (including phenoxy) is 1. The first-order valence-corrected chi connectivity index (χ1v) is 9.13. The summed E-state index contributed by atoms with van der Waals surface area (Å²) in [6.07, 6.45) is 4.29. The van der Waals surface area contributed by atoms with E-state index in [4.69, 9.17) is 4.74 Å². The minimum Gasteiger partial charge on any atom is -0.384 e. The smallest absolute Gasteiger partial charge is 0.228 e. The number of likely N-dealkylation sites (tertiary alicyclic amines) is 1. The molecule has 0 aliphatic carbocycles. The largest absolute Gasteiger partial charge is 0.384 e. The summed E-state index contributed by atoms with van der Waals surface area (Å²) in [5.74, 6) is 0.918. The van der Waals surface area contributed by atoms with Crippen molar-refractivity contribution < 1.29 is 9.53 Å². The summed E-state index contributed by atoms with van der Waals surface area (Å²) in [5, 5.41) is 6.58. The molecule has 2 saturated heterocycles. The van der Waals surface area contributed by atoms with E-state index in [0.29, 0.717) is 13.2 Å². The summed E-state index contributed by atoms with van der Waals surface area (Å²) in [6, 6.07) is 0. The van der Waals surface area contributed by atoms with Gasteiger partial charge in [-0.25, -0.2) is 0 Å². The zero-order valence-electron chi connectivity index (χ0n) is 15.4. The minimum atomic E-state index is -0.356. The maximum atomic E-state index is 12.9. The van der Waals surface area contributed by atoms with Gasteiger partial charge in [0, 0.05) is 25.7 Å². The van der Waals surface area contributed by atoms with Crippen LogP contribution >= 0.6 is 0 Å². The number of hydrogen-bond acceptors (Lipinski definition) is 4. The lowest BCUT2D eigenvalue weighted by molar-refractivity contribution is -0.136. The van der Waals surface area contributed by atoms with Crippen molar-refractivity contribution in [3.63, 3.8) is 0 Å². The molecule has 0 aromatic heterocycles. The highest BCUT2D eigenvalue weighted by atomic mass is 16.5. The van der Waals surface area contributed by atoms with E-state index < -0.39 is 0 Å². The van der Waals surface area contributed by atoms with Crippen molar-refractivity contribution in [1.29, 1.82) is 0 Å². The highest BCUT2D eigenvalue weighted by Gasteiger charge is 2.40. The first-order valence-electron chi connectivity index (χ1n) is 9.13. The van der Waals surface area contributed by atoms with Gasteiger partial charge >= 0.3 is 0 Å². The van der Waals surface area contributed by atoms with Crippen LogP contribution in [0, 0.1) is 11.3 Å². The molecule has 2 aliphatic rings. The molecule has 0 aromatic rings. The number of nitrogens with zero attached hydrogens (tertiary/aromatic N) is 1. The Hall–Kier alpha value is -0.650. The Kier molecular flexibility index (Phi) is 6.46. The quantitative estimate of drug-likeness (QED) is 0.779. The van der Waals surface area contributed by atoms with E-state index in [2.05, 4.69) is 36.3 Å². The SMILES string of the molecule is COCC1(C(=O)NCC(C)(C)N2CCCC(C)C2)CCNCC1. The van der Waals surface area contributed by atoms with Gasteiger partial charge in [-0.05, 0) is 65.1 Å². The van der Waals surface area contributed by atoms with Crippen LogP contribution in [-0.4, -0.2) is 62.8 Å². The van der Waals surface area contributed by atoms with Gasteiger partial charge in [0.05, 0.1) is 12.0 Å². The second-order valence-corrected chi connectivity index (χ2v) is 8.15. The van der Waals surface area contributed by atoms with E-state index in [0.717, 1.165) is 44.9 Å². The van der Waals surface area contributed by atoms with E-state index in [9.17, 15) is 4.79 Å². The van der Waals surface area contributed by atoms with E-state index in [-0.39, 0.29) is 16.9 Å². The van der Waals surface area contributed by atoms with Crippen LogP contribution in [0.5, 0.6) is 0 Å². The number of amides is 1. The number of piperidine rings is 2. The lowest BCUT2D eigenvalue weighted by atomic mass is 9.78. The molecule has 2 rings (SSSR count). The summed E-state index contributed by atoms with van der Waals surface area (Å²) >= 11 is 0. The van der Waals surface area contributed by atoms with Gasteiger partial charge in [0.25, 0.3) is 0 Å². The zero-order valence-corrected chi connectivity index (χ0v) is 15.4. The first kappa shape index (κ1) is 18.7. The summed E-state index contributed by atoms with van der Waals surface area (Å²) < 4.78 is 5.37. The minimum absolute atomic E-state index is 0.00547. The molecular weight excluding hydrogens is 290 g/mol. The average molecular weight is 325 g/mol. The van der Waals surface area contributed by atoms with Gasteiger partial charge in [0.2, 0.25) is 5.91 Å². The molecule has 0 bridgehead atoms. The van der Waals surface area contributed by atoms with Gasteiger partial charge in [-0.2, -0.15) is 0 Å². The number of carbonyl (C=O) groups excluding carboxylic acids is 1. The average Bonchev–Trinajstić information content (AvgIpc) is 2.54. The number of methoxy groups -OCH3 is 1. The van der Waals surface area contributed by atoms with Crippen molar-refractivity contribution in [2.24, 2.45) is 11.3 Å². The fourth-order valence-corrected chi connectivity index (χ4v) is 3.95. The molecule has 1 amide bonds. The lowest BCUT2D eigenvalue weighted by Gasteiger charge is -2.44. The van der Waals surface area contributed by atoms with Crippen molar-refractivity contribution in [3.05, 3.63) is 0 Å². The Morgan fingerprint density at radius 3 is 2.70 bits per heavy atom. The van der Waals surface area contributed by atoms with Crippen molar-refractivity contribution in [2.45, 2.75) is 52.0 Å². The van der Waals surface area contributed by atoms with Crippen LogP contribution in [0.4, 0.5) is 0 Å². The van der Waals surface area contributed by atoms with E-state index >= 15 is 0 Å². The van der Waals surface area contributed by atoms with Crippen LogP contribution in [-0.2, 0) is 9.53 Å². The number of nitrogens with one attached hydrogen (secondary N) is 2. The lowest BCUT2D eigenvalue weighted by Crippen LogP contribution is -2.57. The van der Waals surface area contributed by atoms with Crippen LogP contribution in [0.3, 0.4) is 0 Å². The molecular formula is C18H35N3O2. The van der Waals surface area contributed by atoms with E-state index in [1.807, 2.05) is 0 Å². The Morgan fingerprint density at radius 1 is 1.39 bits per heavy atom. The van der Waals surface area contributed by atoms with Gasteiger partial charge in [0.15, 0.2) is 0 Å². The second kappa shape index (κ2) is 7.95. The molecule has 0 radical (unpaired) electrons. The van der Waals surface area contributed by atoms with Gasteiger partial charge in [0.1, 0.15) is 0 Å². The predicted octanol–water partition coefficient (Wildman–Crippen LogP) is 1.63. The third-order valence-electron chi connectivity index (χ3n) is 5.66. The molecule has 2 N–H and O–H groups in total. The first-order chi connectivity index (χ1) is 10.9. The number of hydrogen-bond donors (Lipinski definition) is 2. The second-order valence-electron chi connectivity index (χ2n) is 8.15. The van der Waals surface area contributed by atoms with Gasteiger partial charge in [-0.1, -0.05) is 6.92 Å². The molecule has 134 valence electrons. The fraction of sp³-hybridized carbons (Fsp3) is 0.944. The number of rotatable bonds is 6. The van der Waals surface area contributed by atoms with Crippen LogP contribution < -0.4 is 10.6 Å². The van der Waals surface area contributed by atoms with Gasteiger partial charge in [-0.3, -0.25) is 9.69 Å². The zero-order chi connectivity index (χ0) is 16.9. The summed E-state index contributed by atoms with van der Waals surface area (Å²) in [4.78, 5) is 15.4. The third-order valence-corrected chi connectivity index (χ3v) is 5.66. The monoisotopic (exact) mass is 325 g/mol. The molecule has 5 heteroatoms. The number of carbonyl (C=O) groups is 1. The van der Waals surface area contributed by atoms with Crippen molar-refractivity contribution in [3.8, 4) is 0 Å². The van der Waals surface area contributed by atoms with Crippen LogP contribution in [0.2, 0.25) is 0 Å². The molecule has 0 saturated carbocycles. The predicted molar refractivity (Wildman–Crippen MR) is 93.5 cm³/mol. The molecule has 23 heavy (non-hydrogen) atoms. The molecule has 2 aliphatic heterocycles. The molecule has 2 heterocycles. The maximum Gasteiger partial charge on any atom is 0.228 e. The highest BCUT2D eigenvalue weighted by molar-refractivity contribution is 5.83. The Morgan fingerprint density at radius 2 is 2.09 bits per heavy atom. The van der Waals surface area contributed by atoms with Gasteiger partial charge in [-0.15, -0.1) is 0 Å².